The Morgan fingerprint density at radius 2 is 1.95 bits per heavy atom. The summed E-state index contributed by atoms with van der Waals surface area (Å²) in [6, 6.07) is -1.89. The highest BCUT2D eigenvalue weighted by Crippen LogP contribution is 2.35. The summed E-state index contributed by atoms with van der Waals surface area (Å²) in [7, 11) is 0. The van der Waals surface area contributed by atoms with Crippen LogP contribution >= 0.6 is 0 Å². The summed E-state index contributed by atoms with van der Waals surface area (Å²) in [6.45, 7) is 3.97. The lowest BCUT2D eigenvalue weighted by atomic mass is 9.76. The van der Waals surface area contributed by atoms with Gasteiger partial charge in [-0.05, 0) is 24.7 Å². The SMILES string of the molecule is CC1(C)CCCN(C(=O)C(N)CCC(=O)O)C1C(=O)O. The molecule has 0 aliphatic carbocycles. The zero-order chi connectivity index (χ0) is 15.5. The number of piperidine rings is 1. The predicted octanol–water partition coefficient (Wildman–Crippen LogP) is 0.280. The molecule has 1 amide bonds. The number of carboxylic acid groups (broad SMARTS) is 2. The van der Waals surface area contributed by atoms with E-state index in [1.807, 2.05) is 13.8 Å². The van der Waals surface area contributed by atoms with Crippen molar-refractivity contribution in [1.29, 1.82) is 0 Å². The third-order valence-corrected chi connectivity index (χ3v) is 3.78. The molecule has 0 aromatic carbocycles. The molecule has 1 aliphatic rings. The molecule has 1 saturated heterocycles. The molecule has 7 heteroatoms. The van der Waals surface area contributed by atoms with Crippen molar-refractivity contribution < 1.29 is 24.6 Å². The van der Waals surface area contributed by atoms with Crippen LogP contribution in [0.5, 0.6) is 0 Å². The van der Waals surface area contributed by atoms with Crippen molar-refractivity contribution in [3.05, 3.63) is 0 Å². The Morgan fingerprint density at radius 1 is 1.35 bits per heavy atom. The lowest BCUT2D eigenvalue weighted by Gasteiger charge is -2.44. The summed E-state index contributed by atoms with van der Waals surface area (Å²) in [6.07, 6.45) is 1.24. The first kappa shape index (κ1) is 16.4. The number of nitrogens with two attached hydrogens (primary N) is 1. The highest BCUT2D eigenvalue weighted by atomic mass is 16.4. The van der Waals surface area contributed by atoms with E-state index in [0.29, 0.717) is 13.0 Å². The molecule has 20 heavy (non-hydrogen) atoms. The van der Waals surface area contributed by atoms with E-state index in [4.69, 9.17) is 10.8 Å². The van der Waals surface area contributed by atoms with Gasteiger partial charge < -0.3 is 20.8 Å². The van der Waals surface area contributed by atoms with E-state index >= 15 is 0 Å². The van der Waals surface area contributed by atoms with Crippen LogP contribution in [0.1, 0.15) is 39.5 Å². The smallest absolute Gasteiger partial charge is 0.326 e. The van der Waals surface area contributed by atoms with Crippen molar-refractivity contribution in [1.82, 2.24) is 4.90 Å². The lowest BCUT2D eigenvalue weighted by molar-refractivity contribution is -0.159. The van der Waals surface area contributed by atoms with Crippen molar-refractivity contribution in [2.24, 2.45) is 11.1 Å². The second-order valence-corrected chi connectivity index (χ2v) is 5.90. The van der Waals surface area contributed by atoms with Crippen LogP contribution in [-0.4, -0.2) is 51.6 Å². The standard InChI is InChI=1S/C13H22N2O5/c1-13(2)6-3-7-15(10(13)12(19)20)11(18)8(14)4-5-9(16)17/h8,10H,3-7,14H2,1-2H3,(H,16,17)(H,19,20). The van der Waals surface area contributed by atoms with Crippen LogP contribution < -0.4 is 5.73 Å². The molecule has 1 rings (SSSR count). The minimum absolute atomic E-state index is 0.0113. The number of aliphatic carboxylic acids is 2. The maximum atomic E-state index is 12.3. The number of nitrogens with zero attached hydrogens (tertiary/aromatic N) is 1. The quantitative estimate of drug-likeness (QED) is 0.667. The average Bonchev–Trinajstić information content (AvgIpc) is 2.32. The highest BCUT2D eigenvalue weighted by Gasteiger charge is 2.45. The van der Waals surface area contributed by atoms with Gasteiger partial charge >= 0.3 is 11.9 Å². The summed E-state index contributed by atoms with van der Waals surface area (Å²) >= 11 is 0. The number of carboxylic acids is 2. The monoisotopic (exact) mass is 286 g/mol. The summed E-state index contributed by atoms with van der Waals surface area (Å²) in [4.78, 5) is 35.5. The van der Waals surface area contributed by atoms with Crippen LogP contribution in [0, 0.1) is 5.41 Å². The Morgan fingerprint density at radius 3 is 2.45 bits per heavy atom. The van der Waals surface area contributed by atoms with Gasteiger partial charge in [0.15, 0.2) is 0 Å². The van der Waals surface area contributed by atoms with Gasteiger partial charge in [0.2, 0.25) is 5.91 Å². The molecule has 1 heterocycles. The van der Waals surface area contributed by atoms with Crippen LogP contribution in [0.25, 0.3) is 0 Å². The average molecular weight is 286 g/mol. The van der Waals surface area contributed by atoms with E-state index in [1.54, 1.807) is 0 Å². The second-order valence-electron chi connectivity index (χ2n) is 5.90. The molecule has 0 spiro atoms. The third-order valence-electron chi connectivity index (χ3n) is 3.78. The first-order valence-corrected chi connectivity index (χ1v) is 6.67. The molecule has 0 aromatic rings. The summed E-state index contributed by atoms with van der Waals surface area (Å²) in [5, 5.41) is 18.0. The van der Waals surface area contributed by atoms with E-state index in [9.17, 15) is 19.5 Å². The Kier molecular flexibility index (Phi) is 5.10. The Labute approximate surface area is 117 Å². The molecule has 0 radical (unpaired) electrons. The minimum atomic E-state index is -1.05. The van der Waals surface area contributed by atoms with Gasteiger partial charge in [0.25, 0.3) is 0 Å². The number of likely N-dealkylation sites (tertiary alicyclic amines) is 1. The number of amides is 1. The predicted molar refractivity (Wildman–Crippen MR) is 71.0 cm³/mol. The maximum absolute atomic E-state index is 12.3. The zero-order valence-electron chi connectivity index (χ0n) is 11.8. The van der Waals surface area contributed by atoms with Crippen molar-refractivity contribution >= 4 is 17.8 Å². The van der Waals surface area contributed by atoms with E-state index in [1.165, 1.54) is 4.90 Å². The Balaban J connectivity index is 2.83. The van der Waals surface area contributed by atoms with Gasteiger partial charge in [0.1, 0.15) is 6.04 Å². The number of carbonyl (C=O) groups excluding carboxylic acids is 1. The molecule has 114 valence electrons. The topological polar surface area (TPSA) is 121 Å². The van der Waals surface area contributed by atoms with Gasteiger partial charge in [-0.15, -0.1) is 0 Å². The van der Waals surface area contributed by atoms with Crippen molar-refractivity contribution in [2.45, 2.75) is 51.6 Å². The fourth-order valence-electron chi connectivity index (χ4n) is 2.71. The Hall–Kier alpha value is -1.63. The van der Waals surface area contributed by atoms with Gasteiger partial charge in [-0.2, -0.15) is 0 Å². The molecule has 2 unspecified atom stereocenters. The first-order valence-electron chi connectivity index (χ1n) is 6.67. The van der Waals surface area contributed by atoms with Crippen molar-refractivity contribution in [3.8, 4) is 0 Å². The molecule has 1 fully saturated rings. The van der Waals surface area contributed by atoms with E-state index < -0.39 is 35.3 Å². The van der Waals surface area contributed by atoms with Gasteiger partial charge in [0, 0.05) is 13.0 Å². The third kappa shape index (κ3) is 3.69. The molecular formula is C13H22N2O5. The summed E-state index contributed by atoms with van der Waals surface area (Å²) in [5.74, 6) is -2.55. The van der Waals surface area contributed by atoms with E-state index in [0.717, 1.165) is 6.42 Å². The fourth-order valence-corrected chi connectivity index (χ4v) is 2.71. The largest absolute Gasteiger partial charge is 0.481 e. The normalized spacial score (nSPS) is 23.1. The zero-order valence-corrected chi connectivity index (χ0v) is 11.8. The maximum Gasteiger partial charge on any atom is 0.326 e. The van der Waals surface area contributed by atoms with Crippen molar-refractivity contribution in [2.75, 3.05) is 6.54 Å². The van der Waals surface area contributed by atoms with Crippen molar-refractivity contribution in [3.63, 3.8) is 0 Å². The molecule has 0 saturated carbocycles. The van der Waals surface area contributed by atoms with E-state index in [-0.39, 0.29) is 12.8 Å². The van der Waals surface area contributed by atoms with Crippen LogP contribution in [0.2, 0.25) is 0 Å². The molecule has 2 atom stereocenters. The van der Waals surface area contributed by atoms with E-state index in [2.05, 4.69) is 0 Å². The second kappa shape index (κ2) is 6.21. The molecule has 4 N–H and O–H groups in total. The first-order chi connectivity index (χ1) is 9.16. The van der Waals surface area contributed by atoms with Gasteiger partial charge in [0.05, 0.1) is 6.04 Å². The Bertz CT molecular complexity index is 408. The molecule has 0 aromatic heterocycles. The highest BCUT2D eigenvalue weighted by molar-refractivity contribution is 5.88. The van der Waals surface area contributed by atoms with Crippen LogP contribution in [0.3, 0.4) is 0 Å². The number of carbonyl (C=O) groups is 3. The summed E-state index contributed by atoms with van der Waals surface area (Å²) < 4.78 is 0. The number of rotatable bonds is 5. The molecule has 7 nitrogen and oxygen atoms in total. The van der Waals surface area contributed by atoms with Gasteiger partial charge in [-0.25, -0.2) is 4.79 Å². The number of hydrogen-bond acceptors (Lipinski definition) is 4. The van der Waals surface area contributed by atoms with Crippen LogP contribution in [0.4, 0.5) is 0 Å². The minimum Gasteiger partial charge on any atom is -0.481 e. The number of hydrogen-bond donors (Lipinski definition) is 3. The molecular weight excluding hydrogens is 264 g/mol. The fraction of sp³-hybridized carbons (Fsp3) is 0.769. The van der Waals surface area contributed by atoms with Gasteiger partial charge in [-0.1, -0.05) is 13.8 Å². The molecule has 1 aliphatic heterocycles. The lowest BCUT2D eigenvalue weighted by Crippen LogP contribution is -2.59. The van der Waals surface area contributed by atoms with Gasteiger partial charge in [-0.3, -0.25) is 9.59 Å². The molecule has 0 bridgehead atoms. The van der Waals surface area contributed by atoms with Crippen LogP contribution in [-0.2, 0) is 14.4 Å². The summed E-state index contributed by atoms with van der Waals surface area (Å²) in [5.41, 5.74) is 5.18. The van der Waals surface area contributed by atoms with Crippen LogP contribution in [0.15, 0.2) is 0 Å².